The Hall–Kier alpha value is -4.79. The maximum Gasteiger partial charge on any atom is 0.253 e. The zero-order chi connectivity index (χ0) is 26.2. The van der Waals surface area contributed by atoms with E-state index in [1.54, 1.807) is 42.7 Å². The van der Waals surface area contributed by atoms with Crippen molar-refractivity contribution in [1.82, 2.24) is 29.7 Å². The van der Waals surface area contributed by atoms with Crippen molar-refractivity contribution in [2.45, 2.75) is 6.92 Å². The number of hydrogen-bond donors (Lipinski definition) is 2. The molecule has 0 spiro atoms. The lowest BCUT2D eigenvalue weighted by Gasteiger charge is -2.38. The van der Waals surface area contributed by atoms with Crippen molar-refractivity contribution < 1.29 is 9.59 Å². The second-order valence-corrected chi connectivity index (χ2v) is 9.69. The molecule has 0 bridgehead atoms. The molecule has 9 nitrogen and oxygen atoms in total. The number of pyridine rings is 1. The molecule has 190 valence electrons. The number of likely N-dealkylation sites (tertiary alicyclic amines) is 1. The molecule has 9 heteroatoms. The van der Waals surface area contributed by atoms with Crippen LogP contribution < -0.4 is 10.6 Å². The third kappa shape index (κ3) is 4.43. The molecule has 1 aliphatic heterocycles. The molecule has 0 aliphatic carbocycles. The highest BCUT2D eigenvalue weighted by Gasteiger charge is 2.28. The summed E-state index contributed by atoms with van der Waals surface area (Å²) >= 11 is 0. The van der Waals surface area contributed by atoms with Gasteiger partial charge in [0.1, 0.15) is 0 Å². The van der Waals surface area contributed by atoms with Crippen molar-refractivity contribution in [2.24, 2.45) is 13.0 Å². The minimum absolute atomic E-state index is 0.0659. The molecule has 0 unspecified atom stereocenters. The fourth-order valence-corrected chi connectivity index (χ4v) is 4.93. The molecule has 2 N–H and O–H groups in total. The van der Waals surface area contributed by atoms with E-state index < -0.39 is 0 Å². The number of aromatic nitrogens is 4. The number of hydrogen-bond acceptors (Lipinski definition) is 6. The highest BCUT2D eigenvalue weighted by molar-refractivity contribution is 6.01. The number of rotatable bonds is 6. The van der Waals surface area contributed by atoms with Crippen molar-refractivity contribution in [3.63, 3.8) is 0 Å². The monoisotopic (exact) mass is 505 g/mol. The number of aryl methyl sites for hydroxylation is 1. The van der Waals surface area contributed by atoms with Gasteiger partial charge in [0.25, 0.3) is 5.91 Å². The van der Waals surface area contributed by atoms with Crippen LogP contribution in [0.3, 0.4) is 0 Å². The predicted octanol–water partition coefficient (Wildman–Crippen LogP) is 4.14. The highest BCUT2D eigenvalue weighted by atomic mass is 16.2. The topological polar surface area (TPSA) is 105 Å². The molecule has 2 amide bonds. The van der Waals surface area contributed by atoms with Crippen LogP contribution in [0.2, 0.25) is 0 Å². The van der Waals surface area contributed by atoms with E-state index in [9.17, 15) is 9.59 Å². The number of anilines is 2. The first-order chi connectivity index (χ1) is 18.5. The summed E-state index contributed by atoms with van der Waals surface area (Å²) in [6.07, 6.45) is 8.66. The van der Waals surface area contributed by atoms with Gasteiger partial charge in [-0.2, -0.15) is 0 Å². The Kier molecular flexibility index (Phi) is 5.95. The van der Waals surface area contributed by atoms with E-state index in [1.807, 2.05) is 25.4 Å². The van der Waals surface area contributed by atoms with Crippen LogP contribution in [0.4, 0.5) is 11.4 Å². The zero-order valence-electron chi connectivity index (χ0n) is 21.2. The molecule has 0 radical (unpaired) electrons. The summed E-state index contributed by atoms with van der Waals surface area (Å²) in [5.74, 6) is 0.145. The fraction of sp³-hybridized carbons (Fsp3) is 0.207. The fourth-order valence-electron chi connectivity index (χ4n) is 4.93. The number of amides is 2. The Bertz CT molecular complexity index is 1690. The summed E-state index contributed by atoms with van der Waals surface area (Å²) < 4.78 is 2.09. The second-order valence-electron chi connectivity index (χ2n) is 9.69. The van der Waals surface area contributed by atoms with Crippen molar-refractivity contribution in [1.29, 1.82) is 0 Å². The highest BCUT2D eigenvalue weighted by Crippen LogP contribution is 2.33. The lowest BCUT2D eigenvalue weighted by atomic mass is 10.00. The van der Waals surface area contributed by atoms with Gasteiger partial charge in [-0.15, -0.1) is 0 Å². The Morgan fingerprint density at radius 2 is 1.87 bits per heavy atom. The number of carbonyl (C=O) groups is 2. The molecule has 1 saturated heterocycles. The van der Waals surface area contributed by atoms with Gasteiger partial charge in [0.2, 0.25) is 5.91 Å². The van der Waals surface area contributed by atoms with Gasteiger partial charge < -0.3 is 20.1 Å². The minimum Gasteiger partial charge on any atom is -0.354 e. The Labute approximate surface area is 219 Å². The summed E-state index contributed by atoms with van der Waals surface area (Å²) in [5.41, 5.74) is 6.50. The third-order valence-electron chi connectivity index (χ3n) is 7.07. The number of carbonyl (C=O) groups excluding carboxylic acids is 2. The van der Waals surface area contributed by atoms with Crippen LogP contribution in [-0.2, 0) is 11.8 Å². The predicted molar refractivity (Wildman–Crippen MR) is 147 cm³/mol. The average Bonchev–Trinajstić information content (AvgIpc) is 3.27. The van der Waals surface area contributed by atoms with E-state index in [-0.39, 0.29) is 17.7 Å². The van der Waals surface area contributed by atoms with Crippen LogP contribution in [0.15, 0.2) is 73.4 Å². The average molecular weight is 506 g/mol. The summed E-state index contributed by atoms with van der Waals surface area (Å²) in [6, 6.07) is 14.1. The lowest BCUT2D eigenvalue weighted by molar-refractivity contribution is -0.134. The summed E-state index contributed by atoms with van der Waals surface area (Å²) in [6.45, 7) is 3.42. The van der Waals surface area contributed by atoms with E-state index in [0.717, 1.165) is 33.4 Å². The maximum atomic E-state index is 13.1. The van der Waals surface area contributed by atoms with Crippen molar-refractivity contribution >= 4 is 45.1 Å². The summed E-state index contributed by atoms with van der Waals surface area (Å²) in [7, 11) is 2.03. The first-order valence-electron chi connectivity index (χ1n) is 12.5. The van der Waals surface area contributed by atoms with Gasteiger partial charge in [-0.1, -0.05) is 12.1 Å². The molecule has 5 aromatic rings. The lowest BCUT2D eigenvalue weighted by Crippen LogP contribution is -2.53. The van der Waals surface area contributed by atoms with E-state index in [4.69, 9.17) is 0 Å². The number of nitrogens with one attached hydrogen (secondary N) is 2. The SMILES string of the molecule is CC(=O)N1CC(CNC(=O)c2ccncc2Nc2cc(-c3ccc4ccn(C)c4c3)c3nccnc3c2)C1. The maximum absolute atomic E-state index is 13.1. The van der Waals surface area contributed by atoms with Gasteiger partial charge in [-0.3, -0.25) is 24.5 Å². The molecule has 38 heavy (non-hydrogen) atoms. The van der Waals surface area contributed by atoms with Crippen LogP contribution in [0.5, 0.6) is 0 Å². The van der Waals surface area contributed by atoms with Gasteiger partial charge in [0, 0.05) is 81.1 Å². The van der Waals surface area contributed by atoms with Gasteiger partial charge in [0.05, 0.1) is 28.5 Å². The van der Waals surface area contributed by atoms with E-state index in [0.29, 0.717) is 30.9 Å². The van der Waals surface area contributed by atoms with Gasteiger partial charge in [-0.05, 0) is 41.3 Å². The normalized spacial score (nSPS) is 13.5. The molecular weight excluding hydrogens is 478 g/mol. The smallest absolute Gasteiger partial charge is 0.253 e. The van der Waals surface area contributed by atoms with Crippen molar-refractivity contribution in [3.05, 3.63) is 79.0 Å². The first-order valence-corrected chi connectivity index (χ1v) is 12.5. The van der Waals surface area contributed by atoms with E-state index in [1.165, 1.54) is 5.39 Å². The molecule has 6 rings (SSSR count). The molecule has 0 atom stereocenters. The molecule has 1 aliphatic rings. The Balaban J connectivity index is 1.29. The molecular formula is C29H27N7O2. The Morgan fingerprint density at radius 1 is 1.03 bits per heavy atom. The van der Waals surface area contributed by atoms with E-state index >= 15 is 0 Å². The van der Waals surface area contributed by atoms with Crippen LogP contribution in [0.25, 0.3) is 33.1 Å². The molecule has 0 saturated carbocycles. The van der Waals surface area contributed by atoms with Crippen molar-refractivity contribution in [2.75, 3.05) is 25.0 Å². The van der Waals surface area contributed by atoms with Gasteiger partial charge in [0.15, 0.2) is 0 Å². The van der Waals surface area contributed by atoms with Crippen LogP contribution in [-0.4, -0.2) is 55.9 Å². The van der Waals surface area contributed by atoms with Crippen LogP contribution >= 0.6 is 0 Å². The largest absolute Gasteiger partial charge is 0.354 e. The Morgan fingerprint density at radius 3 is 2.71 bits per heavy atom. The number of nitrogens with zero attached hydrogens (tertiary/aromatic N) is 5. The van der Waals surface area contributed by atoms with Crippen molar-refractivity contribution in [3.8, 4) is 11.1 Å². The van der Waals surface area contributed by atoms with Crippen LogP contribution in [0, 0.1) is 5.92 Å². The van der Waals surface area contributed by atoms with Gasteiger partial charge in [-0.25, -0.2) is 0 Å². The zero-order valence-corrected chi connectivity index (χ0v) is 21.2. The molecule has 2 aromatic carbocycles. The van der Waals surface area contributed by atoms with E-state index in [2.05, 4.69) is 54.4 Å². The number of benzene rings is 2. The third-order valence-corrected chi connectivity index (χ3v) is 7.07. The molecule has 4 heterocycles. The first kappa shape index (κ1) is 23.6. The number of fused-ring (bicyclic) bond motifs is 2. The molecule has 1 fully saturated rings. The van der Waals surface area contributed by atoms with Crippen LogP contribution in [0.1, 0.15) is 17.3 Å². The summed E-state index contributed by atoms with van der Waals surface area (Å²) in [4.78, 5) is 39.7. The minimum atomic E-state index is -0.189. The second kappa shape index (κ2) is 9.59. The standard InChI is InChI=1S/C29H27N7O2/c1-18(37)36-16-19(17-36)14-33-29(38)23-5-7-30-15-26(23)34-22-12-24(28-25(13-22)31-8-9-32-28)21-4-3-20-6-10-35(2)27(20)11-21/h3-13,15,19,34H,14,16-17H2,1-2H3,(H,33,38). The molecule has 3 aromatic heterocycles. The van der Waals surface area contributed by atoms with Gasteiger partial charge >= 0.3 is 0 Å². The summed E-state index contributed by atoms with van der Waals surface area (Å²) in [5, 5.41) is 7.56. The quantitative estimate of drug-likeness (QED) is 0.360.